The molecule has 1 aliphatic rings. The van der Waals surface area contributed by atoms with Crippen LogP contribution in [0.4, 0.5) is 0 Å². The van der Waals surface area contributed by atoms with Gasteiger partial charge in [-0.25, -0.2) is 4.68 Å². The average molecular weight is 366 g/mol. The van der Waals surface area contributed by atoms with Crippen molar-refractivity contribution >= 4 is 16.9 Å². The molecule has 0 aliphatic heterocycles. The summed E-state index contributed by atoms with van der Waals surface area (Å²) < 4.78 is 3.85. The first-order chi connectivity index (χ1) is 13.0. The van der Waals surface area contributed by atoms with E-state index in [9.17, 15) is 4.79 Å². The van der Waals surface area contributed by atoms with E-state index in [0.717, 1.165) is 35.1 Å². The quantitative estimate of drug-likeness (QED) is 0.767. The number of aryl methyl sites for hydroxylation is 1. The van der Waals surface area contributed by atoms with Crippen molar-refractivity contribution in [3.63, 3.8) is 0 Å². The van der Waals surface area contributed by atoms with Gasteiger partial charge in [-0.15, -0.1) is 5.10 Å². The fraction of sp³-hybridized carbons (Fsp3) is 0.500. The largest absolute Gasteiger partial charge is 0.345 e. The van der Waals surface area contributed by atoms with Crippen molar-refractivity contribution in [2.24, 2.45) is 7.05 Å². The van der Waals surface area contributed by atoms with E-state index >= 15 is 0 Å². The second kappa shape index (κ2) is 7.13. The normalized spacial score (nSPS) is 16.6. The van der Waals surface area contributed by atoms with Crippen molar-refractivity contribution in [1.82, 2.24) is 30.1 Å². The molecule has 1 fully saturated rings. The van der Waals surface area contributed by atoms with Gasteiger partial charge in [0.25, 0.3) is 5.91 Å². The van der Waals surface area contributed by atoms with Crippen molar-refractivity contribution in [3.05, 3.63) is 41.2 Å². The molecule has 0 radical (unpaired) electrons. The van der Waals surface area contributed by atoms with E-state index in [-0.39, 0.29) is 11.9 Å². The highest BCUT2D eigenvalue weighted by atomic mass is 16.1. The van der Waals surface area contributed by atoms with Gasteiger partial charge in [0.2, 0.25) is 0 Å². The third kappa shape index (κ3) is 3.34. The number of aromatic nitrogens is 5. The topological polar surface area (TPSA) is 77.6 Å². The highest BCUT2D eigenvalue weighted by Crippen LogP contribution is 2.30. The van der Waals surface area contributed by atoms with Gasteiger partial charge in [0.05, 0.1) is 23.8 Å². The molecule has 7 nitrogen and oxygen atoms in total. The first-order valence-corrected chi connectivity index (χ1v) is 9.69. The molecule has 2 heterocycles. The van der Waals surface area contributed by atoms with Gasteiger partial charge in [-0.05, 0) is 44.9 Å². The Kier molecular flexibility index (Phi) is 4.68. The van der Waals surface area contributed by atoms with Crippen LogP contribution < -0.4 is 5.32 Å². The molecular weight excluding hydrogens is 340 g/mol. The minimum absolute atomic E-state index is 0.111. The van der Waals surface area contributed by atoms with Crippen molar-refractivity contribution in [3.8, 4) is 0 Å². The Morgan fingerprint density at radius 3 is 2.74 bits per heavy atom. The van der Waals surface area contributed by atoms with Crippen LogP contribution in [0.25, 0.3) is 11.0 Å². The van der Waals surface area contributed by atoms with Crippen molar-refractivity contribution in [2.75, 3.05) is 0 Å². The number of benzene rings is 1. The van der Waals surface area contributed by atoms with Crippen LogP contribution in [0.15, 0.2) is 24.4 Å². The first-order valence-electron chi connectivity index (χ1n) is 9.69. The van der Waals surface area contributed by atoms with E-state index < -0.39 is 0 Å². The van der Waals surface area contributed by atoms with E-state index in [4.69, 9.17) is 0 Å². The summed E-state index contributed by atoms with van der Waals surface area (Å²) in [5.74, 6) is -0.111. The molecule has 1 atom stereocenters. The Morgan fingerprint density at radius 1 is 1.26 bits per heavy atom. The van der Waals surface area contributed by atoms with Gasteiger partial charge in [0, 0.05) is 23.9 Å². The second-order valence-corrected chi connectivity index (χ2v) is 7.53. The van der Waals surface area contributed by atoms with Crippen LogP contribution in [0.2, 0.25) is 0 Å². The summed E-state index contributed by atoms with van der Waals surface area (Å²) in [6, 6.07) is 5.98. The maximum Gasteiger partial charge on any atom is 0.251 e. The van der Waals surface area contributed by atoms with Crippen LogP contribution in [0, 0.1) is 6.92 Å². The molecule has 27 heavy (non-hydrogen) atoms. The molecule has 0 bridgehead atoms. The zero-order valence-electron chi connectivity index (χ0n) is 16.1. The Bertz CT molecular complexity index is 966. The Balaban J connectivity index is 1.53. The smallest absolute Gasteiger partial charge is 0.251 e. The Morgan fingerprint density at radius 2 is 2.04 bits per heavy atom. The summed E-state index contributed by atoms with van der Waals surface area (Å²) in [5.41, 5.74) is 4.46. The highest BCUT2D eigenvalue weighted by Gasteiger charge is 2.20. The molecule has 0 spiro atoms. The molecule has 2 aromatic heterocycles. The standard InChI is InChI=1S/C20H26N6O/c1-13(17-12-21-25(3)14(17)2)22-20(27)15-9-10-19-18(11-15)23-24-26(19)16-7-5-4-6-8-16/h9-13,16H,4-8H2,1-3H3,(H,22,27)/t13-/m0/s1. The van der Waals surface area contributed by atoms with Gasteiger partial charge in [-0.2, -0.15) is 5.10 Å². The molecule has 7 heteroatoms. The van der Waals surface area contributed by atoms with Crippen molar-refractivity contribution in [2.45, 2.75) is 58.0 Å². The number of carbonyl (C=O) groups is 1. The molecule has 0 unspecified atom stereocenters. The summed E-state index contributed by atoms with van der Waals surface area (Å²) in [5, 5.41) is 16.0. The van der Waals surface area contributed by atoms with E-state index in [1.54, 1.807) is 6.20 Å². The predicted molar refractivity (Wildman–Crippen MR) is 103 cm³/mol. The number of nitrogens with one attached hydrogen (secondary N) is 1. The van der Waals surface area contributed by atoms with Gasteiger partial charge in [-0.3, -0.25) is 9.48 Å². The lowest BCUT2D eigenvalue weighted by atomic mass is 9.95. The first kappa shape index (κ1) is 17.7. The number of rotatable bonds is 4. The summed E-state index contributed by atoms with van der Waals surface area (Å²) in [4.78, 5) is 12.7. The maximum absolute atomic E-state index is 12.7. The van der Waals surface area contributed by atoms with Gasteiger partial charge >= 0.3 is 0 Å². The lowest BCUT2D eigenvalue weighted by Gasteiger charge is -2.21. The van der Waals surface area contributed by atoms with Crippen molar-refractivity contribution < 1.29 is 4.79 Å². The Hall–Kier alpha value is -2.70. The summed E-state index contributed by atoms with van der Waals surface area (Å²) in [6.07, 6.45) is 7.92. The number of amides is 1. The monoisotopic (exact) mass is 366 g/mol. The van der Waals surface area contributed by atoms with E-state index in [0.29, 0.717) is 11.6 Å². The predicted octanol–water partition coefficient (Wildman–Crippen LogP) is 3.47. The zero-order chi connectivity index (χ0) is 19.0. The lowest BCUT2D eigenvalue weighted by molar-refractivity contribution is 0.0940. The fourth-order valence-electron chi connectivity index (χ4n) is 3.98. The van der Waals surface area contributed by atoms with Gasteiger partial charge in [0.15, 0.2) is 0 Å². The van der Waals surface area contributed by atoms with E-state index in [1.165, 1.54) is 19.3 Å². The van der Waals surface area contributed by atoms with Gasteiger partial charge in [-0.1, -0.05) is 24.5 Å². The number of nitrogens with zero attached hydrogens (tertiary/aromatic N) is 5. The molecule has 1 amide bonds. The molecule has 3 aromatic rings. The van der Waals surface area contributed by atoms with Crippen LogP contribution in [0.5, 0.6) is 0 Å². The summed E-state index contributed by atoms with van der Waals surface area (Å²) >= 11 is 0. The fourth-order valence-corrected chi connectivity index (χ4v) is 3.98. The molecule has 4 rings (SSSR count). The van der Waals surface area contributed by atoms with Crippen LogP contribution in [-0.2, 0) is 7.05 Å². The molecule has 1 aliphatic carbocycles. The number of hydrogen-bond donors (Lipinski definition) is 1. The molecular formula is C20H26N6O. The van der Waals surface area contributed by atoms with Crippen LogP contribution in [0.1, 0.15) is 72.7 Å². The summed E-state index contributed by atoms with van der Waals surface area (Å²) in [6.45, 7) is 3.97. The lowest BCUT2D eigenvalue weighted by Crippen LogP contribution is -2.26. The van der Waals surface area contributed by atoms with Crippen LogP contribution in [-0.4, -0.2) is 30.7 Å². The minimum atomic E-state index is -0.111. The third-order valence-electron chi connectivity index (χ3n) is 5.74. The van der Waals surface area contributed by atoms with Crippen LogP contribution in [0.3, 0.4) is 0 Å². The van der Waals surface area contributed by atoms with E-state index in [1.807, 2.05) is 48.5 Å². The minimum Gasteiger partial charge on any atom is -0.345 e. The number of hydrogen-bond acceptors (Lipinski definition) is 4. The number of fused-ring (bicyclic) bond motifs is 1. The molecule has 1 aromatic carbocycles. The maximum atomic E-state index is 12.7. The third-order valence-corrected chi connectivity index (χ3v) is 5.74. The molecule has 142 valence electrons. The van der Waals surface area contributed by atoms with Gasteiger partial charge in [0.1, 0.15) is 5.52 Å². The SMILES string of the molecule is Cc1c([C@H](C)NC(=O)c2ccc3c(c2)nnn3C2CCCCC2)cnn1C. The molecule has 0 saturated heterocycles. The second-order valence-electron chi connectivity index (χ2n) is 7.53. The molecule has 1 N–H and O–H groups in total. The number of carbonyl (C=O) groups excluding carboxylic acids is 1. The average Bonchev–Trinajstić information content (AvgIpc) is 3.25. The molecule has 1 saturated carbocycles. The Labute approximate surface area is 158 Å². The van der Waals surface area contributed by atoms with E-state index in [2.05, 4.69) is 20.7 Å². The highest BCUT2D eigenvalue weighted by molar-refractivity contribution is 5.97. The van der Waals surface area contributed by atoms with Gasteiger partial charge < -0.3 is 5.32 Å². The summed E-state index contributed by atoms with van der Waals surface area (Å²) in [7, 11) is 1.90. The zero-order valence-corrected chi connectivity index (χ0v) is 16.1. The van der Waals surface area contributed by atoms with Crippen LogP contribution >= 0.6 is 0 Å². The van der Waals surface area contributed by atoms with Crippen molar-refractivity contribution in [1.29, 1.82) is 0 Å².